The van der Waals surface area contributed by atoms with Gasteiger partial charge in [-0.05, 0) is 23.6 Å². The van der Waals surface area contributed by atoms with Crippen LogP contribution in [-0.4, -0.2) is 17.6 Å². The molecule has 2 N–H and O–H groups in total. The predicted octanol–water partition coefficient (Wildman–Crippen LogP) is 1.68. The Morgan fingerprint density at radius 1 is 1.61 bits per heavy atom. The smallest absolute Gasteiger partial charge is 0.262 e. The van der Waals surface area contributed by atoms with E-state index >= 15 is 0 Å². The van der Waals surface area contributed by atoms with Crippen LogP contribution in [0.4, 0.5) is 0 Å². The lowest BCUT2D eigenvalue weighted by atomic mass is 10.2. The number of aliphatic hydroxyl groups excluding tert-OH is 1. The van der Waals surface area contributed by atoms with E-state index in [9.17, 15) is 9.90 Å². The Labute approximate surface area is 107 Å². The van der Waals surface area contributed by atoms with Crippen molar-refractivity contribution in [1.82, 2.24) is 5.32 Å². The Hall–Kier alpha value is -2.10. The molecule has 0 saturated heterocycles. The van der Waals surface area contributed by atoms with Crippen molar-refractivity contribution in [3.05, 3.63) is 46.0 Å². The maximum atomic E-state index is 11.8. The third kappa shape index (κ3) is 2.59. The van der Waals surface area contributed by atoms with Crippen molar-refractivity contribution in [2.45, 2.75) is 6.10 Å². The first-order valence-electron chi connectivity index (χ1n) is 5.19. The number of hydrogen-bond acceptors (Lipinski definition) is 5. The Kier molecular flexibility index (Phi) is 3.77. The van der Waals surface area contributed by atoms with Gasteiger partial charge in [0.25, 0.3) is 5.91 Å². The molecule has 0 aliphatic carbocycles. The van der Waals surface area contributed by atoms with Gasteiger partial charge in [0, 0.05) is 0 Å². The fraction of sp³-hybridized carbons (Fsp3) is 0.167. The minimum absolute atomic E-state index is 0.0368. The van der Waals surface area contributed by atoms with Crippen LogP contribution in [-0.2, 0) is 0 Å². The van der Waals surface area contributed by atoms with Crippen LogP contribution in [0.25, 0.3) is 0 Å². The highest BCUT2D eigenvalue weighted by molar-refractivity contribution is 7.12. The summed E-state index contributed by atoms with van der Waals surface area (Å²) in [6.45, 7) is 0.0368. The fourth-order valence-electron chi connectivity index (χ4n) is 1.42. The molecule has 0 aliphatic heterocycles. The van der Waals surface area contributed by atoms with Gasteiger partial charge in [-0.2, -0.15) is 5.26 Å². The van der Waals surface area contributed by atoms with E-state index < -0.39 is 6.10 Å². The molecule has 0 aromatic carbocycles. The molecule has 0 spiro atoms. The van der Waals surface area contributed by atoms with Crippen LogP contribution in [0.1, 0.15) is 27.1 Å². The molecule has 6 heteroatoms. The number of thiophene rings is 1. The van der Waals surface area contributed by atoms with Crippen molar-refractivity contribution in [2.75, 3.05) is 6.54 Å². The lowest BCUT2D eigenvalue weighted by Crippen LogP contribution is -2.28. The molecular formula is C12H10N2O3S. The van der Waals surface area contributed by atoms with Crippen molar-refractivity contribution < 1.29 is 14.3 Å². The van der Waals surface area contributed by atoms with Gasteiger partial charge in [-0.1, -0.05) is 0 Å². The highest BCUT2D eigenvalue weighted by atomic mass is 32.1. The van der Waals surface area contributed by atoms with Crippen molar-refractivity contribution in [1.29, 1.82) is 5.26 Å². The molecule has 0 bridgehead atoms. The van der Waals surface area contributed by atoms with Gasteiger partial charge < -0.3 is 14.8 Å². The molecule has 2 aromatic rings. The van der Waals surface area contributed by atoms with Crippen LogP contribution in [0.15, 0.2) is 34.3 Å². The molecule has 1 amide bonds. The summed E-state index contributed by atoms with van der Waals surface area (Å²) in [6.07, 6.45) is 0.558. The van der Waals surface area contributed by atoms with Crippen LogP contribution in [0, 0.1) is 11.3 Å². The molecule has 2 rings (SSSR count). The highest BCUT2D eigenvalue weighted by Crippen LogP contribution is 2.16. The van der Waals surface area contributed by atoms with Crippen LogP contribution in [0.5, 0.6) is 0 Å². The molecule has 0 fully saturated rings. The van der Waals surface area contributed by atoms with Gasteiger partial charge in [-0.3, -0.25) is 4.79 Å². The summed E-state index contributed by atoms with van der Waals surface area (Å²) in [5.74, 6) is 0.0224. The second-order valence-corrected chi connectivity index (χ2v) is 4.43. The van der Waals surface area contributed by atoms with Crippen LogP contribution in [0.2, 0.25) is 0 Å². The van der Waals surface area contributed by atoms with E-state index in [1.165, 1.54) is 17.6 Å². The Balaban J connectivity index is 1.95. The van der Waals surface area contributed by atoms with Crippen LogP contribution in [0.3, 0.4) is 0 Å². The van der Waals surface area contributed by atoms with Crippen molar-refractivity contribution in [3.63, 3.8) is 0 Å². The van der Waals surface area contributed by atoms with E-state index in [0.717, 1.165) is 0 Å². The molecule has 1 unspecified atom stereocenters. The van der Waals surface area contributed by atoms with Gasteiger partial charge in [-0.25, -0.2) is 0 Å². The largest absolute Gasteiger partial charge is 0.467 e. The summed E-state index contributed by atoms with van der Waals surface area (Å²) in [5, 5.41) is 22.7. The summed E-state index contributed by atoms with van der Waals surface area (Å²) in [4.78, 5) is 12.1. The van der Waals surface area contributed by atoms with Gasteiger partial charge in [0.05, 0.1) is 18.4 Å². The molecular weight excluding hydrogens is 252 g/mol. The molecule has 2 heterocycles. The number of aliphatic hydroxyl groups is 1. The van der Waals surface area contributed by atoms with Crippen LogP contribution < -0.4 is 5.32 Å². The number of carbonyl (C=O) groups excluding carboxylic acids is 1. The molecule has 5 nitrogen and oxygen atoms in total. The zero-order chi connectivity index (χ0) is 13.0. The number of carbonyl (C=O) groups is 1. The fourth-order valence-corrected chi connectivity index (χ4v) is 2.18. The van der Waals surface area contributed by atoms with Gasteiger partial charge in [0.2, 0.25) is 0 Å². The zero-order valence-electron chi connectivity index (χ0n) is 9.29. The van der Waals surface area contributed by atoms with Crippen molar-refractivity contribution >= 4 is 17.2 Å². The van der Waals surface area contributed by atoms with Crippen molar-refractivity contribution in [2.24, 2.45) is 0 Å². The number of nitriles is 1. The molecule has 2 aromatic heterocycles. The third-order valence-corrected chi connectivity index (χ3v) is 3.23. The average molecular weight is 262 g/mol. The molecule has 0 saturated carbocycles. The van der Waals surface area contributed by atoms with Gasteiger partial charge in [0.15, 0.2) is 0 Å². The normalized spacial score (nSPS) is 11.8. The Bertz CT molecular complexity index is 568. The summed E-state index contributed by atoms with van der Waals surface area (Å²) < 4.78 is 5.01. The number of nitrogens with one attached hydrogen (secondary N) is 1. The Morgan fingerprint density at radius 2 is 2.44 bits per heavy atom. The average Bonchev–Trinajstić information content (AvgIpc) is 3.04. The molecule has 0 aliphatic rings. The minimum Gasteiger partial charge on any atom is -0.467 e. The van der Waals surface area contributed by atoms with Crippen LogP contribution >= 0.6 is 11.3 Å². The number of nitrogens with zero attached hydrogens (tertiary/aromatic N) is 1. The standard InChI is InChI=1S/C12H10N2O3S/c13-6-8-3-5-18-11(8)12(16)14-7-9(15)10-2-1-4-17-10/h1-5,9,15H,7H2,(H,14,16). The number of furan rings is 1. The van der Waals surface area contributed by atoms with Gasteiger partial charge in [-0.15, -0.1) is 11.3 Å². The molecule has 0 radical (unpaired) electrons. The van der Waals surface area contributed by atoms with E-state index in [1.54, 1.807) is 23.6 Å². The first-order chi connectivity index (χ1) is 8.72. The van der Waals surface area contributed by atoms with E-state index in [-0.39, 0.29) is 12.5 Å². The number of rotatable bonds is 4. The minimum atomic E-state index is -0.894. The summed E-state index contributed by atoms with van der Waals surface area (Å²) >= 11 is 1.19. The van der Waals surface area contributed by atoms with Gasteiger partial charge in [0.1, 0.15) is 22.8 Å². The molecule has 92 valence electrons. The first kappa shape index (κ1) is 12.4. The molecule has 18 heavy (non-hydrogen) atoms. The number of hydrogen-bond donors (Lipinski definition) is 2. The van der Waals surface area contributed by atoms with Gasteiger partial charge >= 0.3 is 0 Å². The third-order valence-electron chi connectivity index (χ3n) is 2.32. The highest BCUT2D eigenvalue weighted by Gasteiger charge is 2.16. The summed E-state index contributed by atoms with van der Waals surface area (Å²) in [5.41, 5.74) is 0.338. The second kappa shape index (κ2) is 5.49. The van der Waals surface area contributed by atoms with Crippen molar-refractivity contribution in [3.8, 4) is 6.07 Å². The zero-order valence-corrected chi connectivity index (χ0v) is 10.1. The second-order valence-electron chi connectivity index (χ2n) is 3.52. The lowest BCUT2D eigenvalue weighted by molar-refractivity contribution is 0.0905. The monoisotopic (exact) mass is 262 g/mol. The maximum absolute atomic E-state index is 11.8. The molecule has 1 atom stereocenters. The quantitative estimate of drug-likeness (QED) is 0.877. The topological polar surface area (TPSA) is 86.3 Å². The SMILES string of the molecule is N#Cc1ccsc1C(=O)NCC(O)c1ccco1. The number of amides is 1. The van der Waals surface area contributed by atoms with E-state index in [0.29, 0.717) is 16.2 Å². The Morgan fingerprint density at radius 3 is 3.11 bits per heavy atom. The van der Waals surface area contributed by atoms with E-state index in [2.05, 4.69) is 5.32 Å². The first-order valence-corrected chi connectivity index (χ1v) is 6.07. The maximum Gasteiger partial charge on any atom is 0.262 e. The summed E-state index contributed by atoms with van der Waals surface area (Å²) in [6, 6.07) is 6.81. The lowest BCUT2D eigenvalue weighted by Gasteiger charge is -2.08. The van der Waals surface area contributed by atoms with E-state index in [4.69, 9.17) is 9.68 Å². The predicted molar refractivity (Wildman–Crippen MR) is 65.0 cm³/mol. The van der Waals surface area contributed by atoms with E-state index in [1.807, 2.05) is 6.07 Å². The summed E-state index contributed by atoms with van der Waals surface area (Å²) in [7, 11) is 0.